The second-order valence-corrected chi connectivity index (χ2v) is 5.97. The van der Waals surface area contributed by atoms with E-state index in [1.54, 1.807) is 4.90 Å². The Kier molecular flexibility index (Phi) is 4.22. The number of rotatable bonds is 3. The molecule has 1 amide bonds. The van der Waals surface area contributed by atoms with Crippen molar-refractivity contribution in [2.24, 2.45) is 0 Å². The SMILES string of the molecule is CN(C)CC1(O)CCCN(C(=O)c2[nH]nc(N)c2Cl)C1. The van der Waals surface area contributed by atoms with E-state index >= 15 is 0 Å². The van der Waals surface area contributed by atoms with Crippen LogP contribution in [0, 0.1) is 0 Å². The number of H-pyrrole nitrogens is 1. The number of carbonyl (C=O) groups is 1. The van der Waals surface area contributed by atoms with E-state index in [0.29, 0.717) is 19.5 Å². The van der Waals surface area contributed by atoms with Gasteiger partial charge in [-0.2, -0.15) is 5.10 Å². The van der Waals surface area contributed by atoms with Crippen molar-refractivity contribution in [1.82, 2.24) is 20.0 Å². The van der Waals surface area contributed by atoms with Gasteiger partial charge in [0.25, 0.3) is 5.91 Å². The number of amides is 1. The summed E-state index contributed by atoms with van der Waals surface area (Å²) < 4.78 is 0. The average molecular weight is 302 g/mol. The first-order valence-electron chi connectivity index (χ1n) is 6.48. The summed E-state index contributed by atoms with van der Waals surface area (Å²) in [5, 5.41) is 17.0. The molecule has 0 aliphatic carbocycles. The van der Waals surface area contributed by atoms with Gasteiger partial charge in [-0.3, -0.25) is 9.89 Å². The van der Waals surface area contributed by atoms with Gasteiger partial charge in [-0.15, -0.1) is 0 Å². The number of nitrogen functional groups attached to an aromatic ring is 1. The molecule has 1 aliphatic heterocycles. The number of hydrogen-bond donors (Lipinski definition) is 3. The highest BCUT2D eigenvalue weighted by molar-refractivity contribution is 6.35. The van der Waals surface area contributed by atoms with Gasteiger partial charge in [0.15, 0.2) is 5.82 Å². The third-order valence-electron chi connectivity index (χ3n) is 3.40. The van der Waals surface area contributed by atoms with Crippen LogP contribution in [0.2, 0.25) is 5.02 Å². The van der Waals surface area contributed by atoms with Gasteiger partial charge in [-0.1, -0.05) is 11.6 Å². The summed E-state index contributed by atoms with van der Waals surface area (Å²) in [4.78, 5) is 15.9. The van der Waals surface area contributed by atoms with Crippen LogP contribution in [0.5, 0.6) is 0 Å². The largest absolute Gasteiger partial charge is 0.387 e. The molecule has 20 heavy (non-hydrogen) atoms. The number of aromatic nitrogens is 2. The Morgan fingerprint density at radius 2 is 2.35 bits per heavy atom. The highest BCUT2D eigenvalue weighted by Crippen LogP contribution is 2.26. The van der Waals surface area contributed by atoms with Crippen LogP contribution >= 0.6 is 11.6 Å². The third kappa shape index (κ3) is 3.05. The number of nitrogens with two attached hydrogens (primary N) is 1. The number of hydrogen-bond acceptors (Lipinski definition) is 5. The molecular formula is C12H20ClN5O2. The van der Waals surface area contributed by atoms with Crippen LogP contribution in [0.25, 0.3) is 0 Å². The van der Waals surface area contributed by atoms with Gasteiger partial charge in [0, 0.05) is 13.1 Å². The zero-order valence-corrected chi connectivity index (χ0v) is 12.4. The zero-order valence-electron chi connectivity index (χ0n) is 11.7. The quantitative estimate of drug-likeness (QED) is 0.739. The van der Waals surface area contributed by atoms with Crippen LogP contribution < -0.4 is 5.73 Å². The molecule has 1 fully saturated rings. The van der Waals surface area contributed by atoms with Crippen LogP contribution in [-0.4, -0.2) is 70.3 Å². The molecule has 1 atom stereocenters. The van der Waals surface area contributed by atoms with Gasteiger partial charge in [0.1, 0.15) is 10.7 Å². The summed E-state index contributed by atoms with van der Waals surface area (Å²) in [6, 6.07) is 0. The molecule has 0 radical (unpaired) electrons. The number of nitrogens with one attached hydrogen (secondary N) is 1. The lowest BCUT2D eigenvalue weighted by Crippen LogP contribution is -2.54. The van der Waals surface area contributed by atoms with Crippen molar-refractivity contribution in [2.75, 3.05) is 39.5 Å². The molecule has 7 nitrogen and oxygen atoms in total. The van der Waals surface area contributed by atoms with Crippen LogP contribution in [0.3, 0.4) is 0 Å². The molecule has 1 aromatic heterocycles. The van der Waals surface area contributed by atoms with Crippen LogP contribution in [-0.2, 0) is 0 Å². The second-order valence-electron chi connectivity index (χ2n) is 5.59. The van der Waals surface area contributed by atoms with E-state index in [1.165, 1.54) is 0 Å². The lowest BCUT2D eigenvalue weighted by molar-refractivity contribution is -0.0392. The van der Waals surface area contributed by atoms with Crippen LogP contribution in [0.4, 0.5) is 5.82 Å². The van der Waals surface area contributed by atoms with Gasteiger partial charge in [0.2, 0.25) is 0 Å². The van der Waals surface area contributed by atoms with E-state index < -0.39 is 5.60 Å². The number of aromatic amines is 1. The third-order valence-corrected chi connectivity index (χ3v) is 3.78. The molecule has 0 saturated carbocycles. The van der Waals surface area contributed by atoms with Crippen molar-refractivity contribution in [2.45, 2.75) is 18.4 Å². The average Bonchev–Trinajstić information content (AvgIpc) is 2.67. The minimum Gasteiger partial charge on any atom is -0.387 e. The molecule has 4 N–H and O–H groups in total. The fourth-order valence-corrected chi connectivity index (χ4v) is 2.81. The number of piperidine rings is 1. The first-order valence-corrected chi connectivity index (χ1v) is 6.86. The second kappa shape index (κ2) is 5.59. The number of carbonyl (C=O) groups excluding carboxylic acids is 1. The lowest BCUT2D eigenvalue weighted by atomic mass is 9.92. The van der Waals surface area contributed by atoms with Crippen molar-refractivity contribution in [3.8, 4) is 0 Å². The van der Waals surface area contributed by atoms with E-state index in [0.717, 1.165) is 6.42 Å². The summed E-state index contributed by atoms with van der Waals surface area (Å²) in [5.74, 6) is -0.174. The maximum absolute atomic E-state index is 12.4. The Bertz CT molecular complexity index is 504. The number of likely N-dealkylation sites (N-methyl/N-ethyl adjacent to an activating group) is 1. The number of halogens is 1. The Morgan fingerprint density at radius 1 is 1.65 bits per heavy atom. The maximum Gasteiger partial charge on any atom is 0.273 e. The monoisotopic (exact) mass is 301 g/mol. The Hall–Kier alpha value is -1.31. The smallest absolute Gasteiger partial charge is 0.273 e. The van der Waals surface area contributed by atoms with Crippen molar-refractivity contribution >= 4 is 23.3 Å². The number of β-amino-alcohol motifs (C(OH)–C–C–N with tert-alkyl or cyclic N) is 1. The molecule has 1 aromatic rings. The van der Waals surface area contributed by atoms with Crippen molar-refractivity contribution in [3.05, 3.63) is 10.7 Å². The number of nitrogens with zero attached hydrogens (tertiary/aromatic N) is 3. The van der Waals surface area contributed by atoms with Crippen LogP contribution in [0.1, 0.15) is 23.3 Å². The van der Waals surface area contributed by atoms with Crippen LogP contribution in [0.15, 0.2) is 0 Å². The highest BCUT2D eigenvalue weighted by atomic mass is 35.5. The fraction of sp³-hybridized carbons (Fsp3) is 0.667. The Balaban J connectivity index is 2.13. The zero-order chi connectivity index (χ0) is 14.9. The lowest BCUT2D eigenvalue weighted by Gasteiger charge is -2.40. The van der Waals surface area contributed by atoms with Gasteiger partial charge in [-0.05, 0) is 26.9 Å². The van der Waals surface area contributed by atoms with Crippen molar-refractivity contribution in [3.63, 3.8) is 0 Å². The van der Waals surface area contributed by atoms with E-state index in [-0.39, 0.29) is 29.0 Å². The van der Waals surface area contributed by atoms with Crippen molar-refractivity contribution < 1.29 is 9.90 Å². The van der Waals surface area contributed by atoms with E-state index in [9.17, 15) is 9.90 Å². The molecule has 2 rings (SSSR count). The molecular weight excluding hydrogens is 282 g/mol. The molecule has 1 unspecified atom stereocenters. The summed E-state index contributed by atoms with van der Waals surface area (Å²) >= 11 is 5.94. The van der Waals surface area contributed by atoms with E-state index in [4.69, 9.17) is 17.3 Å². The minimum atomic E-state index is -0.893. The van der Waals surface area contributed by atoms with Gasteiger partial charge < -0.3 is 20.6 Å². The molecule has 0 aromatic carbocycles. The molecule has 2 heterocycles. The molecule has 1 aliphatic rings. The fourth-order valence-electron chi connectivity index (χ4n) is 2.65. The number of likely N-dealkylation sites (tertiary alicyclic amines) is 1. The summed E-state index contributed by atoms with van der Waals surface area (Å²) in [7, 11) is 3.79. The normalized spacial score (nSPS) is 23.4. The van der Waals surface area contributed by atoms with Gasteiger partial charge >= 0.3 is 0 Å². The standard InChI is InChI=1S/C12H20ClN5O2/c1-17(2)6-12(20)4-3-5-18(7-12)11(19)9-8(13)10(14)16-15-9/h20H,3-7H2,1-2H3,(H3,14,15,16). The summed E-state index contributed by atoms with van der Waals surface area (Å²) in [6.07, 6.45) is 1.42. The molecule has 8 heteroatoms. The van der Waals surface area contributed by atoms with Crippen molar-refractivity contribution in [1.29, 1.82) is 0 Å². The summed E-state index contributed by atoms with van der Waals surface area (Å²) in [5.41, 5.74) is 4.81. The first kappa shape index (κ1) is 15.1. The molecule has 0 bridgehead atoms. The molecule has 0 spiro atoms. The minimum absolute atomic E-state index is 0.107. The van der Waals surface area contributed by atoms with E-state index in [1.807, 2.05) is 19.0 Å². The summed E-state index contributed by atoms with van der Waals surface area (Å²) in [6.45, 7) is 1.37. The predicted octanol–water partition coefficient (Wildman–Crippen LogP) is 0.174. The molecule has 112 valence electrons. The first-order chi connectivity index (χ1) is 9.32. The van der Waals surface area contributed by atoms with E-state index in [2.05, 4.69) is 10.2 Å². The van der Waals surface area contributed by atoms with Gasteiger partial charge in [0.05, 0.1) is 12.1 Å². The number of aliphatic hydroxyl groups is 1. The Morgan fingerprint density at radius 3 is 2.90 bits per heavy atom. The Labute approximate surface area is 122 Å². The van der Waals surface area contributed by atoms with Gasteiger partial charge in [-0.25, -0.2) is 0 Å². The highest BCUT2D eigenvalue weighted by Gasteiger charge is 2.36. The topological polar surface area (TPSA) is 98.5 Å². The predicted molar refractivity (Wildman–Crippen MR) is 76.7 cm³/mol. The number of anilines is 1. The maximum atomic E-state index is 12.4. The molecule has 1 saturated heterocycles.